The Morgan fingerprint density at radius 1 is 1.23 bits per heavy atom. The van der Waals surface area contributed by atoms with Crippen LogP contribution in [-0.2, 0) is 4.79 Å². The minimum Gasteiger partial charge on any atom is -0.378 e. The number of nitrogens with one attached hydrogen (secondary N) is 1. The number of amides is 1. The molecule has 0 fully saturated rings. The highest BCUT2D eigenvalue weighted by Gasteiger charge is 2.15. The zero-order valence-corrected chi connectivity index (χ0v) is 11.4. The van der Waals surface area contributed by atoms with Gasteiger partial charge in [-0.15, -0.1) is 0 Å². The lowest BCUT2D eigenvalue weighted by Crippen LogP contribution is -2.25. The van der Waals surface area contributed by atoms with Crippen LogP contribution in [0.3, 0.4) is 0 Å². The lowest BCUT2D eigenvalue weighted by atomic mass is 10.1. The second kappa shape index (κ2) is 7.09. The molecule has 0 spiro atoms. The van der Waals surface area contributed by atoms with Gasteiger partial charge in [0.1, 0.15) is 0 Å². The van der Waals surface area contributed by atoms with Gasteiger partial charge < -0.3 is 5.11 Å². The molecule has 0 aliphatic heterocycles. The van der Waals surface area contributed by atoms with Gasteiger partial charge in [-0.25, -0.2) is 5.43 Å². The maximum absolute atomic E-state index is 11.7. The Morgan fingerprint density at radius 2 is 1.95 bits per heavy atom. The fraction of sp³-hybridized carbons (Fsp3) is 0.0667. The van der Waals surface area contributed by atoms with E-state index in [-0.39, 0.29) is 5.69 Å². The number of carbonyl (C=O) groups excluding carboxylic acids is 1. The maximum Gasteiger partial charge on any atom is 0.273 e. The van der Waals surface area contributed by atoms with Crippen LogP contribution in [0.25, 0.3) is 0 Å². The van der Waals surface area contributed by atoms with Crippen LogP contribution in [0.5, 0.6) is 0 Å². The average molecular weight is 299 g/mol. The van der Waals surface area contributed by atoms with Crippen LogP contribution in [0, 0.1) is 10.1 Å². The summed E-state index contributed by atoms with van der Waals surface area (Å²) in [5, 5.41) is 24.1. The first-order chi connectivity index (χ1) is 10.6. The minimum atomic E-state index is -1.33. The van der Waals surface area contributed by atoms with Gasteiger partial charge in [0, 0.05) is 17.7 Å². The van der Waals surface area contributed by atoms with Crippen molar-refractivity contribution in [2.45, 2.75) is 6.10 Å². The molecule has 0 heterocycles. The van der Waals surface area contributed by atoms with Crippen molar-refractivity contribution in [2.24, 2.45) is 5.10 Å². The molecule has 0 unspecified atom stereocenters. The predicted molar refractivity (Wildman–Crippen MR) is 80.2 cm³/mol. The molecule has 0 aromatic heterocycles. The van der Waals surface area contributed by atoms with Crippen molar-refractivity contribution in [3.05, 3.63) is 75.8 Å². The average Bonchev–Trinajstić information content (AvgIpc) is 2.55. The summed E-state index contributed by atoms with van der Waals surface area (Å²) in [7, 11) is 0. The number of hydrazone groups is 1. The Hall–Kier alpha value is -3.06. The van der Waals surface area contributed by atoms with E-state index in [0.717, 1.165) is 0 Å². The van der Waals surface area contributed by atoms with Crippen LogP contribution < -0.4 is 5.43 Å². The molecule has 1 atom stereocenters. The second-order valence-corrected chi connectivity index (χ2v) is 4.40. The topological polar surface area (TPSA) is 105 Å². The van der Waals surface area contributed by atoms with Crippen LogP contribution in [0.2, 0.25) is 0 Å². The van der Waals surface area contributed by atoms with E-state index in [1.54, 1.807) is 36.4 Å². The van der Waals surface area contributed by atoms with Crippen molar-refractivity contribution in [3.63, 3.8) is 0 Å². The summed E-state index contributed by atoms with van der Waals surface area (Å²) in [5.41, 5.74) is 3.03. The highest BCUT2D eigenvalue weighted by atomic mass is 16.6. The molecule has 2 aromatic rings. The molecule has 0 saturated carbocycles. The van der Waals surface area contributed by atoms with Gasteiger partial charge in [-0.05, 0) is 5.56 Å². The number of aliphatic hydroxyl groups excluding tert-OH is 1. The molecular formula is C15H13N3O4. The van der Waals surface area contributed by atoms with Gasteiger partial charge >= 0.3 is 0 Å². The smallest absolute Gasteiger partial charge is 0.273 e. The van der Waals surface area contributed by atoms with Crippen molar-refractivity contribution in [1.29, 1.82) is 0 Å². The molecule has 1 amide bonds. The molecule has 7 nitrogen and oxygen atoms in total. The molecule has 0 aliphatic rings. The lowest BCUT2D eigenvalue weighted by Gasteiger charge is -2.08. The highest BCUT2D eigenvalue weighted by Crippen LogP contribution is 2.12. The minimum absolute atomic E-state index is 0.0698. The van der Waals surface area contributed by atoms with E-state index < -0.39 is 16.9 Å². The third-order valence-corrected chi connectivity index (χ3v) is 2.83. The number of hydrogen-bond acceptors (Lipinski definition) is 5. The quantitative estimate of drug-likeness (QED) is 0.498. The van der Waals surface area contributed by atoms with Crippen molar-refractivity contribution in [1.82, 2.24) is 5.43 Å². The molecule has 2 aromatic carbocycles. The molecule has 22 heavy (non-hydrogen) atoms. The molecule has 0 bridgehead atoms. The standard InChI is InChI=1S/C15H13N3O4/c19-14(12-6-2-1-3-7-12)15(20)17-16-10-11-5-4-8-13(9-11)18(21)22/h1-10,14,19H,(H,17,20)/b16-10-/t14-/m1/s1. The number of nitro groups is 1. The fourth-order valence-electron chi connectivity index (χ4n) is 1.74. The van der Waals surface area contributed by atoms with Gasteiger partial charge in [0.05, 0.1) is 11.1 Å². The van der Waals surface area contributed by atoms with Gasteiger partial charge in [-0.1, -0.05) is 42.5 Å². The summed E-state index contributed by atoms with van der Waals surface area (Å²) < 4.78 is 0. The summed E-state index contributed by atoms with van der Waals surface area (Å²) in [5.74, 6) is -0.687. The van der Waals surface area contributed by atoms with Crippen LogP contribution in [0.15, 0.2) is 59.7 Å². The van der Waals surface area contributed by atoms with E-state index in [1.165, 1.54) is 24.4 Å². The zero-order valence-electron chi connectivity index (χ0n) is 11.4. The molecule has 0 saturated heterocycles. The van der Waals surface area contributed by atoms with Crippen molar-refractivity contribution >= 4 is 17.8 Å². The largest absolute Gasteiger partial charge is 0.378 e. The molecule has 2 rings (SSSR count). The number of aliphatic hydroxyl groups is 1. The van der Waals surface area contributed by atoms with E-state index in [2.05, 4.69) is 10.5 Å². The van der Waals surface area contributed by atoms with E-state index in [1.807, 2.05) is 0 Å². The Kier molecular flexibility index (Phi) is 4.94. The van der Waals surface area contributed by atoms with E-state index in [9.17, 15) is 20.0 Å². The zero-order chi connectivity index (χ0) is 15.9. The van der Waals surface area contributed by atoms with E-state index in [0.29, 0.717) is 11.1 Å². The Morgan fingerprint density at radius 3 is 2.64 bits per heavy atom. The number of benzene rings is 2. The van der Waals surface area contributed by atoms with E-state index >= 15 is 0 Å². The number of nitro benzene ring substituents is 1. The van der Waals surface area contributed by atoms with Gasteiger partial charge in [0.15, 0.2) is 6.10 Å². The van der Waals surface area contributed by atoms with Crippen LogP contribution in [0.1, 0.15) is 17.2 Å². The van der Waals surface area contributed by atoms with Crippen molar-refractivity contribution in [2.75, 3.05) is 0 Å². The van der Waals surface area contributed by atoms with Gasteiger partial charge in [-0.2, -0.15) is 5.10 Å². The van der Waals surface area contributed by atoms with Crippen molar-refractivity contribution in [3.8, 4) is 0 Å². The van der Waals surface area contributed by atoms with Crippen LogP contribution in [0.4, 0.5) is 5.69 Å². The van der Waals surface area contributed by atoms with Crippen molar-refractivity contribution < 1.29 is 14.8 Å². The lowest BCUT2D eigenvalue weighted by molar-refractivity contribution is -0.384. The van der Waals surface area contributed by atoms with Gasteiger partial charge in [-0.3, -0.25) is 14.9 Å². The van der Waals surface area contributed by atoms with Gasteiger partial charge in [0.25, 0.3) is 11.6 Å². The monoisotopic (exact) mass is 299 g/mol. The van der Waals surface area contributed by atoms with Gasteiger partial charge in [0.2, 0.25) is 0 Å². The Bertz CT molecular complexity index is 701. The third-order valence-electron chi connectivity index (χ3n) is 2.83. The number of nitrogens with zero attached hydrogens (tertiary/aromatic N) is 2. The summed E-state index contributed by atoms with van der Waals surface area (Å²) in [4.78, 5) is 21.8. The summed E-state index contributed by atoms with van der Waals surface area (Å²) in [6.07, 6.45) is -0.0636. The van der Waals surface area contributed by atoms with E-state index in [4.69, 9.17) is 0 Å². The van der Waals surface area contributed by atoms with Crippen LogP contribution in [-0.4, -0.2) is 22.2 Å². The molecule has 112 valence electrons. The second-order valence-electron chi connectivity index (χ2n) is 4.40. The molecule has 2 N–H and O–H groups in total. The normalized spacial score (nSPS) is 12.0. The molecular weight excluding hydrogens is 286 g/mol. The Labute approximate surface area is 126 Å². The Balaban J connectivity index is 1.99. The maximum atomic E-state index is 11.7. The molecule has 7 heteroatoms. The van der Waals surface area contributed by atoms with Crippen LogP contribution >= 0.6 is 0 Å². The number of hydrogen-bond donors (Lipinski definition) is 2. The fourth-order valence-corrected chi connectivity index (χ4v) is 1.74. The number of non-ortho nitro benzene ring substituents is 1. The number of carbonyl (C=O) groups is 1. The first-order valence-electron chi connectivity index (χ1n) is 6.38. The highest BCUT2D eigenvalue weighted by molar-refractivity contribution is 5.85. The predicted octanol–water partition coefficient (Wildman–Crippen LogP) is 1.78. The summed E-state index contributed by atoms with van der Waals surface area (Å²) >= 11 is 0. The first kappa shape index (κ1) is 15.3. The first-order valence-corrected chi connectivity index (χ1v) is 6.38. The summed E-state index contributed by atoms with van der Waals surface area (Å²) in [6, 6.07) is 14.2. The molecule has 0 radical (unpaired) electrons. The SMILES string of the molecule is O=C(N/N=C\c1cccc([N+](=O)[O-])c1)[C@H](O)c1ccccc1. The molecule has 0 aliphatic carbocycles. The third kappa shape index (κ3) is 3.97. The summed E-state index contributed by atoms with van der Waals surface area (Å²) in [6.45, 7) is 0. The number of rotatable bonds is 5.